The molecule has 0 saturated heterocycles. The fourth-order valence-corrected chi connectivity index (χ4v) is 2.40. The molecule has 0 aliphatic rings. The molecule has 1 aromatic carbocycles. The molecule has 4 heteroatoms. The topological polar surface area (TPSA) is 50.4 Å². The summed E-state index contributed by atoms with van der Waals surface area (Å²) in [4.78, 5) is 11.3. The van der Waals surface area contributed by atoms with E-state index in [4.69, 9.17) is 16.0 Å². The van der Waals surface area contributed by atoms with Crippen molar-refractivity contribution in [2.45, 2.75) is 33.1 Å². The average molecular weight is 267 g/mol. The van der Waals surface area contributed by atoms with Gasteiger partial charge in [-0.15, -0.1) is 0 Å². The molecular formula is C14H15ClO3. The van der Waals surface area contributed by atoms with E-state index in [1.165, 1.54) is 0 Å². The molecule has 1 heterocycles. The minimum atomic E-state index is -1.06. The highest BCUT2D eigenvalue weighted by Gasteiger charge is 2.30. The van der Waals surface area contributed by atoms with E-state index in [9.17, 15) is 9.90 Å². The lowest BCUT2D eigenvalue weighted by atomic mass is 9.84. The molecular weight excluding hydrogens is 252 g/mol. The minimum absolute atomic E-state index is 0.0197. The zero-order valence-electron chi connectivity index (χ0n) is 10.8. The fourth-order valence-electron chi connectivity index (χ4n) is 2.20. The predicted octanol–water partition coefficient (Wildman–Crippen LogP) is 4.39. The normalized spacial score (nSPS) is 12.1. The van der Waals surface area contributed by atoms with Crippen molar-refractivity contribution in [2.75, 3.05) is 0 Å². The Morgan fingerprint density at radius 3 is 2.44 bits per heavy atom. The summed E-state index contributed by atoms with van der Waals surface area (Å²) in [6.45, 7) is 7.81. The van der Waals surface area contributed by atoms with Crippen LogP contribution < -0.4 is 0 Å². The molecule has 0 spiro atoms. The zero-order valence-corrected chi connectivity index (χ0v) is 11.6. The highest BCUT2D eigenvalue weighted by atomic mass is 35.5. The maximum absolute atomic E-state index is 11.3. The quantitative estimate of drug-likeness (QED) is 0.833. The molecule has 0 unspecified atom stereocenters. The standard InChI is InChI=1S/C14H15ClO3/c1-7-5-6-8(15)11-9(7)10(14(2,3)4)12(18-11)13(16)17/h5-6H,1-4H3,(H,16,17). The summed E-state index contributed by atoms with van der Waals surface area (Å²) in [5.74, 6) is -1.08. The van der Waals surface area contributed by atoms with Crippen molar-refractivity contribution in [3.8, 4) is 0 Å². The second-order valence-electron chi connectivity index (χ2n) is 5.43. The lowest BCUT2D eigenvalue weighted by Crippen LogP contribution is -2.15. The number of aryl methyl sites for hydroxylation is 1. The smallest absolute Gasteiger partial charge is 0.372 e. The molecule has 0 amide bonds. The molecule has 2 rings (SSSR count). The second kappa shape index (κ2) is 4.02. The molecule has 0 fully saturated rings. The Labute approximate surface area is 110 Å². The van der Waals surface area contributed by atoms with Crippen LogP contribution in [0.2, 0.25) is 5.02 Å². The van der Waals surface area contributed by atoms with Gasteiger partial charge in [0.25, 0.3) is 0 Å². The van der Waals surface area contributed by atoms with Crippen LogP contribution in [0, 0.1) is 6.92 Å². The van der Waals surface area contributed by atoms with Crippen molar-refractivity contribution in [1.29, 1.82) is 0 Å². The van der Waals surface area contributed by atoms with E-state index in [1.54, 1.807) is 6.07 Å². The highest BCUT2D eigenvalue weighted by molar-refractivity contribution is 6.35. The van der Waals surface area contributed by atoms with Gasteiger partial charge in [0.15, 0.2) is 5.58 Å². The summed E-state index contributed by atoms with van der Waals surface area (Å²) in [5, 5.41) is 10.5. The predicted molar refractivity (Wildman–Crippen MR) is 71.6 cm³/mol. The molecule has 96 valence electrons. The number of fused-ring (bicyclic) bond motifs is 1. The first-order valence-corrected chi connectivity index (χ1v) is 6.06. The van der Waals surface area contributed by atoms with Gasteiger partial charge in [0.1, 0.15) is 0 Å². The Bertz CT molecular complexity index is 633. The summed E-state index contributed by atoms with van der Waals surface area (Å²) in [6, 6.07) is 3.60. The number of rotatable bonds is 1. The van der Waals surface area contributed by atoms with Crippen LogP contribution in [-0.4, -0.2) is 11.1 Å². The van der Waals surface area contributed by atoms with Crippen LogP contribution in [0.1, 0.15) is 42.5 Å². The van der Waals surface area contributed by atoms with Crippen molar-refractivity contribution >= 4 is 28.5 Å². The van der Waals surface area contributed by atoms with Gasteiger partial charge in [-0.25, -0.2) is 4.79 Å². The van der Waals surface area contributed by atoms with Gasteiger partial charge in [0, 0.05) is 10.9 Å². The largest absolute Gasteiger partial charge is 0.475 e. The molecule has 2 aromatic rings. The lowest BCUT2D eigenvalue weighted by Gasteiger charge is -2.18. The third kappa shape index (κ3) is 1.89. The molecule has 0 saturated carbocycles. The summed E-state index contributed by atoms with van der Waals surface area (Å²) in [7, 11) is 0. The van der Waals surface area contributed by atoms with E-state index >= 15 is 0 Å². The number of carboxylic acid groups (broad SMARTS) is 1. The molecule has 1 N–H and O–H groups in total. The number of furan rings is 1. The average Bonchev–Trinajstić information content (AvgIpc) is 2.64. The van der Waals surface area contributed by atoms with Gasteiger partial charge in [0.05, 0.1) is 5.02 Å². The molecule has 0 radical (unpaired) electrons. The van der Waals surface area contributed by atoms with E-state index in [-0.39, 0.29) is 11.2 Å². The van der Waals surface area contributed by atoms with Crippen LogP contribution in [0.15, 0.2) is 16.5 Å². The Morgan fingerprint density at radius 1 is 1.33 bits per heavy atom. The molecule has 0 aliphatic carbocycles. The van der Waals surface area contributed by atoms with E-state index in [2.05, 4.69) is 0 Å². The van der Waals surface area contributed by atoms with Gasteiger partial charge in [-0.05, 0) is 24.0 Å². The minimum Gasteiger partial charge on any atom is -0.475 e. The Balaban J connectivity index is 3.00. The Kier molecular flexibility index (Phi) is 2.90. The van der Waals surface area contributed by atoms with Crippen molar-refractivity contribution in [3.63, 3.8) is 0 Å². The summed E-state index contributed by atoms with van der Waals surface area (Å²) in [5.41, 5.74) is 1.80. The van der Waals surface area contributed by atoms with Gasteiger partial charge < -0.3 is 9.52 Å². The van der Waals surface area contributed by atoms with Crippen LogP contribution in [0.25, 0.3) is 11.0 Å². The maximum atomic E-state index is 11.3. The first-order valence-electron chi connectivity index (χ1n) is 5.69. The van der Waals surface area contributed by atoms with Crippen LogP contribution in [0.3, 0.4) is 0 Å². The summed E-state index contributed by atoms with van der Waals surface area (Å²) in [6.07, 6.45) is 0. The zero-order chi connectivity index (χ0) is 13.7. The van der Waals surface area contributed by atoms with Gasteiger partial charge >= 0.3 is 5.97 Å². The summed E-state index contributed by atoms with van der Waals surface area (Å²) < 4.78 is 5.47. The Morgan fingerprint density at radius 2 is 1.94 bits per heavy atom. The number of benzene rings is 1. The van der Waals surface area contributed by atoms with E-state index in [0.717, 1.165) is 10.9 Å². The van der Waals surface area contributed by atoms with Crippen molar-refractivity contribution < 1.29 is 14.3 Å². The van der Waals surface area contributed by atoms with E-state index in [0.29, 0.717) is 16.2 Å². The molecule has 18 heavy (non-hydrogen) atoms. The van der Waals surface area contributed by atoms with Crippen molar-refractivity contribution in [2.24, 2.45) is 0 Å². The number of carboxylic acids is 1. The van der Waals surface area contributed by atoms with Gasteiger partial charge in [0.2, 0.25) is 5.76 Å². The molecule has 0 aliphatic heterocycles. The van der Waals surface area contributed by atoms with Crippen LogP contribution in [-0.2, 0) is 5.41 Å². The third-order valence-corrected chi connectivity index (χ3v) is 3.24. The van der Waals surface area contributed by atoms with Crippen molar-refractivity contribution in [1.82, 2.24) is 0 Å². The lowest BCUT2D eigenvalue weighted by molar-refractivity contribution is 0.0661. The number of hydrogen-bond donors (Lipinski definition) is 1. The number of aromatic carboxylic acids is 1. The monoisotopic (exact) mass is 266 g/mol. The van der Waals surface area contributed by atoms with Gasteiger partial charge in [-0.3, -0.25) is 0 Å². The van der Waals surface area contributed by atoms with E-state index in [1.807, 2.05) is 33.8 Å². The third-order valence-electron chi connectivity index (χ3n) is 2.94. The van der Waals surface area contributed by atoms with Crippen LogP contribution in [0.5, 0.6) is 0 Å². The second-order valence-corrected chi connectivity index (χ2v) is 5.84. The maximum Gasteiger partial charge on any atom is 0.372 e. The SMILES string of the molecule is Cc1ccc(Cl)c2oc(C(=O)O)c(C(C)(C)C)c12. The van der Waals surface area contributed by atoms with E-state index < -0.39 is 5.97 Å². The van der Waals surface area contributed by atoms with Crippen LogP contribution >= 0.6 is 11.6 Å². The Hall–Kier alpha value is -1.48. The van der Waals surface area contributed by atoms with Crippen LogP contribution in [0.4, 0.5) is 0 Å². The van der Waals surface area contributed by atoms with Crippen molar-refractivity contribution in [3.05, 3.63) is 34.0 Å². The fraction of sp³-hybridized carbons (Fsp3) is 0.357. The molecule has 0 bridgehead atoms. The number of carbonyl (C=O) groups is 1. The van der Waals surface area contributed by atoms with Gasteiger partial charge in [-0.1, -0.05) is 38.4 Å². The summed E-state index contributed by atoms with van der Waals surface area (Å²) >= 11 is 6.08. The highest BCUT2D eigenvalue weighted by Crippen LogP contribution is 2.39. The first kappa shape index (κ1) is 13.0. The molecule has 3 nitrogen and oxygen atoms in total. The first-order chi connectivity index (χ1) is 8.23. The number of halogens is 1. The number of hydrogen-bond acceptors (Lipinski definition) is 2. The van der Waals surface area contributed by atoms with Gasteiger partial charge in [-0.2, -0.15) is 0 Å². The molecule has 0 atom stereocenters. The molecule has 1 aromatic heterocycles.